The Kier molecular flexibility index (Phi) is 5.80. The summed E-state index contributed by atoms with van der Waals surface area (Å²) in [5.74, 6) is 2.99. The van der Waals surface area contributed by atoms with E-state index in [1.165, 1.54) is 25.7 Å². The summed E-state index contributed by atoms with van der Waals surface area (Å²) in [6.07, 6.45) is 11.7. The van der Waals surface area contributed by atoms with Crippen LogP contribution in [0.2, 0.25) is 0 Å². The first-order chi connectivity index (χ1) is 14.2. The monoisotopic (exact) mass is 416 g/mol. The van der Waals surface area contributed by atoms with Crippen molar-refractivity contribution in [3.05, 3.63) is 12.2 Å². The van der Waals surface area contributed by atoms with Crippen LogP contribution in [-0.4, -0.2) is 43.1 Å². The lowest BCUT2D eigenvalue weighted by Gasteiger charge is -2.60. The summed E-state index contributed by atoms with van der Waals surface area (Å²) in [4.78, 5) is 25.6. The molecular weight excluding hydrogens is 376 g/mol. The van der Waals surface area contributed by atoms with Crippen LogP contribution in [0.5, 0.6) is 0 Å². The van der Waals surface area contributed by atoms with Crippen molar-refractivity contribution in [2.75, 3.05) is 13.7 Å². The molecule has 0 bridgehead atoms. The average molecular weight is 417 g/mol. The highest BCUT2D eigenvalue weighted by molar-refractivity contribution is 5.89. The van der Waals surface area contributed by atoms with E-state index in [9.17, 15) is 9.59 Å². The molecule has 4 rings (SSSR count). The lowest BCUT2D eigenvalue weighted by Crippen LogP contribution is -2.60. The fourth-order valence-electron chi connectivity index (χ4n) is 7.92. The molecule has 168 valence electrons. The molecule has 1 aliphatic heterocycles. The van der Waals surface area contributed by atoms with Gasteiger partial charge in [-0.05, 0) is 73.7 Å². The van der Waals surface area contributed by atoms with Crippen molar-refractivity contribution in [1.82, 2.24) is 10.2 Å². The number of likely N-dealkylation sites (N-methyl/N-ethyl adjacent to an activating group) is 1. The second-order valence-electron chi connectivity index (χ2n) is 11.3. The number of ether oxygens (including phenoxy) is 1. The van der Waals surface area contributed by atoms with Crippen molar-refractivity contribution in [2.45, 2.75) is 78.5 Å². The predicted octanol–water partition coefficient (Wildman–Crippen LogP) is 3.99. The third-order valence-electron chi connectivity index (χ3n) is 9.41. The van der Waals surface area contributed by atoms with Crippen LogP contribution in [0.4, 0.5) is 0 Å². The van der Waals surface area contributed by atoms with Gasteiger partial charge in [-0.3, -0.25) is 9.59 Å². The Balaban J connectivity index is 1.57. The van der Waals surface area contributed by atoms with Crippen molar-refractivity contribution in [2.24, 2.45) is 40.4 Å². The molecule has 5 nitrogen and oxygen atoms in total. The topological polar surface area (TPSA) is 58.6 Å². The average Bonchev–Trinajstić information content (AvgIpc) is 3.05. The van der Waals surface area contributed by atoms with Crippen LogP contribution in [-0.2, 0) is 14.3 Å². The van der Waals surface area contributed by atoms with Gasteiger partial charge >= 0.3 is 0 Å². The molecule has 4 aliphatic rings. The van der Waals surface area contributed by atoms with E-state index in [1.54, 1.807) is 0 Å². The van der Waals surface area contributed by atoms with Crippen LogP contribution in [0.3, 0.4) is 0 Å². The Morgan fingerprint density at radius 3 is 2.67 bits per heavy atom. The molecule has 0 radical (unpaired) electrons. The van der Waals surface area contributed by atoms with Gasteiger partial charge in [-0.15, -0.1) is 0 Å². The minimum atomic E-state index is -0.179. The quantitative estimate of drug-likeness (QED) is 0.526. The summed E-state index contributed by atoms with van der Waals surface area (Å²) in [7, 11) is 1.98. The molecule has 8 atom stereocenters. The van der Waals surface area contributed by atoms with Gasteiger partial charge in [-0.1, -0.05) is 33.8 Å². The molecule has 1 heterocycles. The van der Waals surface area contributed by atoms with E-state index < -0.39 is 0 Å². The second-order valence-corrected chi connectivity index (χ2v) is 11.3. The smallest absolute Gasteiger partial charge is 0.246 e. The molecule has 0 aromatic carbocycles. The van der Waals surface area contributed by atoms with Gasteiger partial charge in [-0.2, -0.15) is 0 Å². The van der Waals surface area contributed by atoms with Gasteiger partial charge in [0.15, 0.2) is 0 Å². The third-order valence-corrected chi connectivity index (χ3v) is 9.41. The maximum Gasteiger partial charge on any atom is 0.246 e. The predicted molar refractivity (Wildman–Crippen MR) is 117 cm³/mol. The number of fused-ring (bicyclic) bond motifs is 5. The van der Waals surface area contributed by atoms with Crippen molar-refractivity contribution < 1.29 is 14.3 Å². The molecule has 0 aromatic rings. The minimum absolute atomic E-state index is 0.0829. The largest absolute Gasteiger partial charge is 0.358 e. The van der Waals surface area contributed by atoms with E-state index in [1.807, 2.05) is 18.0 Å². The maximum atomic E-state index is 12.3. The summed E-state index contributed by atoms with van der Waals surface area (Å²) < 4.78 is 6.21. The number of nitrogens with zero attached hydrogens (tertiary/aromatic N) is 1. The Morgan fingerprint density at radius 2 is 1.97 bits per heavy atom. The molecule has 30 heavy (non-hydrogen) atoms. The normalized spacial score (nSPS) is 43.7. The first-order valence-electron chi connectivity index (χ1n) is 12.0. The summed E-state index contributed by atoms with van der Waals surface area (Å²) in [6.45, 7) is 9.84. The standard InChI is InChI=1S/C25H40N2O3/c1-16(2)14-30-23(26-15-28)20-8-7-18-17-6-9-21-25(4,13-11-22(29)27(21)5)19(17)10-12-24(18,20)3/h11,13,15-21,23H,6-10,12,14H2,1-5H3,(H,26,28)/t17-,18-,19+,20?,21?,23?,24-,25+/m0/s1. The highest BCUT2D eigenvalue weighted by atomic mass is 16.5. The SMILES string of the molecule is CC(C)COC(NC=O)C1CC[C@H]2[C@@H]3CCC4N(C)C(=O)C=C[C@]4(C)[C@@H]3CC[C@]12C. The van der Waals surface area contributed by atoms with E-state index in [-0.39, 0.29) is 23.0 Å². The number of carbonyl (C=O) groups is 2. The molecule has 0 spiro atoms. The first-order valence-corrected chi connectivity index (χ1v) is 12.0. The number of amides is 2. The van der Waals surface area contributed by atoms with Gasteiger partial charge in [0.1, 0.15) is 6.23 Å². The number of hydrogen-bond donors (Lipinski definition) is 1. The third kappa shape index (κ3) is 3.32. The van der Waals surface area contributed by atoms with Gasteiger partial charge in [0.2, 0.25) is 12.3 Å². The van der Waals surface area contributed by atoms with Crippen LogP contribution in [0, 0.1) is 40.4 Å². The van der Waals surface area contributed by atoms with E-state index >= 15 is 0 Å². The molecule has 1 N–H and O–H groups in total. The zero-order valence-corrected chi connectivity index (χ0v) is 19.4. The van der Waals surface area contributed by atoms with E-state index in [4.69, 9.17) is 4.74 Å². The second kappa shape index (κ2) is 7.96. The lowest BCUT2D eigenvalue weighted by molar-refractivity contribution is -0.142. The van der Waals surface area contributed by atoms with Gasteiger partial charge in [0.25, 0.3) is 0 Å². The highest BCUT2D eigenvalue weighted by Crippen LogP contribution is 2.66. The first kappa shape index (κ1) is 21.9. The molecule has 3 aliphatic carbocycles. The van der Waals surface area contributed by atoms with Crippen molar-refractivity contribution in [3.8, 4) is 0 Å². The van der Waals surface area contributed by atoms with Crippen LogP contribution in [0.1, 0.15) is 66.2 Å². The number of carbonyl (C=O) groups excluding carboxylic acids is 2. The Bertz CT molecular complexity index is 707. The van der Waals surface area contributed by atoms with Crippen molar-refractivity contribution >= 4 is 12.3 Å². The lowest BCUT2D eigenvalue weighted by atomic mass is 9.47. The molecule has 2 amide bonds. The molecule has 0 aromatic heterocycles. The number of hydrogen-bond acceptors (Lipinski definition) is 3. The Morgan fingerprint density at radius 1 is 1.20 bits per heavy atom. The van der Waals surface area contributed by atoms with Crippen LogP contribution >= 0.6 is 0 Å². The van der Waals surface area contributed by atoms with E-state index in [0.717, 1.165) is 19.3 Å². The Labute approximate surface area is 182 Å². The van der Waals surface area contributed by atoms with Crippen LogP contribution in [0.25, 0.3) is 0 Å². The summed E-state index contributed by atoms with van der Waals surface area (Å²) in [5.41, 5.74) is 0.293. The molecule has 3 unspecified atom stereocenters. The zero-order chi connectivity index (χ0) is 21.7. The van der Waals surface area contributed by atoms with Gasteiger partial charge in [-0.25, -0.2) is 0 Å². The maximum absolute atomic E-state index is 12.3. The van der Waals surface area contributed by atoms with E-state index in [0.29, 0.717) is 42.2 Å². The minimum Gasteiger partial charge on any atom is -0.358 e. The van der Waals surface area contributed by atoms with Crippen LogP contribution < -0.4 is 5.32 Å². The van der Waals surface area contributed by atoms with E-state index in [2.05, 4.69) is 39.1 Å². The number of rotatable bonds is 6. The highest BCUT2D eigenvalue weighted by Gasteiger charge is 2.61. The summed E-state index contributed by atoms with van der Waals surface area (Å²) >= 11 is 0. The molecular formula is C25H40N2O3. The van der Waals surface area contributed by atoms with Crippen molar-refractivity contribution in [1.29, 1.82) is 0 Å². The number of nitrogens with one attached hydrogen (secondary N) is 1. The summed E-state index contributed by atoms with van der Waals surface area (Å²) in [6, 6.07) is 0.330. The molecule has 3 fully saturated rings. The van der Waals surface area contributed by atoms with Crippen molar-refractivity contribution in [3.63, 3.8) is 0 Å². The summed E-state index contributed by atoms with van der Waals surface area (Å²) in [5, 5.41) is 3.02. The van der Waals surface area contributed by atoms with Crippen LogP contribution in [0.15, 0.2) is 12.2 Å². The molecule has 0 saturated heterocycles. The van der Waals surface area contributed by atoms with Gasteiger partial charge in [0, 0.05) is 24.4 Å². The molecule has 5 heteroatoms. The molecule has 3 saturated carbocycles. The van der Waals surface area contributed by atoms with Gasteiger partial charge in [0.05, 0.1) is 6.61 Å². The zero-order valence-electron chi connectivity index (χ0n) is 19.4. The fourth-order valence-corrected chi connectivity index (χ4v) is 7.92. The van der Waals surface area contributed by atoms with Gasteiger partial charge < -0.3 is 15.0 Å². The fraction of sp³-hybridized carbons (Fsp3) is 0.840. The Hall–Kier alpha value is -1.36.